The van der Waals surface area contributed by atoms with E-state index < -0.39 is 0 Å². The average molecular weight is 257 g/mol. The second kappa shape index (κ2) is 4.46. The Bertz CT molecular complexity index is 701. The summed E-state index contributed by atoms with van der Waals surface area (Å²) in [7, 11) is 0. The highest BCUT2D eigenvalue weighted by Crippen LogP contribution is 2.22. The molecule has 3 heteroatoms. The van der Waals surface area contributed by atoms with Crippen molar-refractivity contribution < 1.29 is 0 Å². The Kier molecular flexibility index (Phi) is 2.80. The number of rotatable bonds is 2. The maximum absolute atomic E-state index is 6.17. The van der Waals surface area contributed by atoms with Crippen LogP contribution in [0, 0.1) is 6.92 Å². The van der Waals surface area contributed by atoms with Gasteiger partial charge in [0.15, 0.2) is 0 Å². The Balaban J connectivity index is 2.10. The molecule has 0 aliphatic heterocycles. The van der Waals surface area contributed by atoms with E-state index in [1.54, 1.807) is 12.4 Å². The van der Waals surface area contributed by atoms with E-state index in [0.29, 0.717) is 0 Å². The summed E-state index contributed by atoms with van der Waals surface area (Å²) in [6.45, 7) is 2.90. The third-order valence-electron chi connectivity index (χ3n) is 3.20. The minimum atomic E-state index is 0.717. The number of pyridine rings is 1. The largest absolute Gasteiger partial charge is 0.340 e. The van der Waals surface area contributed by atoms with Crippen LogP contribution in [-0.4, -0.2) is 9.55 Å². The van der Waals surface area contributed by atoms with Crippen LogP contribution in [0.3, 0.4) is 0 Å². The summed E-state index contributed by atoms with van der Waals surface area (Å²) in [6, 6.07) is 12.6. The van der Waals surface area contributed by atoms with E-state index in [9.17, 15) is 0 Å². The second-order valence-electron chi connectivity index (χ2n) is 4.40. The highest BCUT2D eigenvalue weighted by Gasteiger charge is 2.07. The zero-order valence-corrected chi connectivity index (χ0v) is 10.9. The molecule has 0 aliphatic carbocycles. The molecule has 1 aromatic carbocycles. The normalized spacial score (nSPS) is 11.0. The molecule has 0 aliphatic rings. The molecule has 0 unspecified atom stereocenters. The first-order valence-electron chi connectivity index (χ1n) is 5.89. The SMILES string of the molecule is Cc1cc2ccccc2n1Cc1ccncc1Cl. The highest BCUT2D eigenvalue weighted by molar-refractivity contribution is 6.31. The second-order valence-corrected chi connectivity index (χ2v) is 4.80. The maximum Gasteiger partial charge on any atom is 0.0639 e. The number of nitrogens with zero attached hydrogens (tertiary/aromatic N) is 2. The van der Waals surface area contributed by atoms with Crippen molar-refractivity contribution in [2.24, 2.45) is 0 Å². The van der Waals surface area contributed by atoms with E-state index >= 15 is 0 Å². The van der Waals surface area contributed by atoms with E-state index in [0.717, 1.165) is 17.1 Å². The standard InChI is InChI=1S/C15H13ClN2/c1-11-8-12-4-2-3-5-15(12)18(11)10-13-6-7-17-9-14(13)16/h2-9H,10H2,1H3. The van der Waals surface area contributed by atoms with Crippen LogP contribution in [0.1, 0.15) is 11.3 Å². The number of para-hydroxylation sites is 1. The molecule has 0 radical (unpaired) electrons. The maximum atomic E-state index is 6.17. The van der Waals surface area contributed by atoms with Crippen LogP contribution in [0.4, 0.5) is 0 Å². The molecule has 0 fully saturated rings. The van der Waals surface area contributed by atoms with Gasteiger partial charge in [0, 0.05) is 30.1 Å². The number of hydrogen-bond acceptors (Lipinski definition) is 1. The minimum Gasteiger partial charge on any atom is -0.340 e. The molecule has 0 bridgehead atoms. The predicted octanol–water partition coefficient (Wildman–Crippen LogP) is 4.05. The zero-order chi connectivity index (χ0) is 12.5. The van der Waals surface area contributed by atoms with E-state index in [2.05, 4.69) is 46.8 Å². The lowest BCUT2D eigenvalue weighted by Gasteiger charge is -2.09. The first-order chi connectivity index (χ1) is 8.75. The Morgan fingerprint density at radius 1 is 1.22 bits per heavy atom. The summed E-state index contributed by atoms with van der Waals surface area (Å²) in [4.78, 5) is 4.02. The van der Waals surface area contributed by atoms with Gasteiger partial charge < -0.3 is 4.57 Å². The molecule has 3 aromatic rings. The van der Waals surface area contributed by atoms with Gasteiger partial charge in [0.2, 0.25) is 0 Å². The molecule has 90 valence electrons. The number of benzene rings is 1. The van der Waals surface area contributed by atoms with Crippen molar-refractivity contribution in [3.05, 3.63) is 65.1 Å². The topological polar surface area (TPSA) is 17.8 Å². The van der Waals surface area contributed by atoms with Crippen molar-refractivity contribution in [2.45, 2.75) is 13.5 Å². The van der Waals surface area contributed by atoms with Crippen molar-refractivity contribution in [2.75, 3.05) is 0 Å². The third-order valence-corrected chi connectivity index (χ3v) is 3.54. The lowest BCUT2D eigenvalue weighted by atomic mass is 10.2. The predicted molar refractivity (Wildman–Crippen MR) is 75.0 cm³/mol. The summed E-state index contributed by atoms with van der Waals surface area (Å²) in [5.41, 5.74) is 3.57. The van der Waals surface area contributed by atoms with Gasteiger partial charge in [-0.15, -0.1) is 0 Å². The third kappa shape index (κ3) is 1.89. The smallest absolute Gasteiger partial charge is 0.0639 e. The Hall–Kier alpha value is -1.80. The van der Waals surface area contributed by atoms with E-state index in [1.807, 2.05) is 6.07 Å². The van der Waals surface area contributed by atoms with Gasteiger partial charge in [0.1, 0.15) is 0 Å². The number of halogens is 1. The molecule has 0 N–H and O–H groups in total. The molecule has 2 aromatic heterocycles. The van der Waals surface area contributed by atoms with Crippen LogP contribution >= 0.6 is 11.6 Å². The molecule has 18 heavy (non-hydrogen) atoms. The van der Waals surface area contributed by atoms with Gasteiger partial charge in [-0.2, -0.15) is 0 Å². The fourth-order valence-corrected chi connectivity index (χ4v) is 2.44. The quantitative estimate of drug-likeness (QED) is 0.676. The Morgan fingerprint density at radius 3 is 2.89 bits per heavy atom. The molecule has 0 saturated heterocycles. The lowest BCUT2D eigenvalue weighted by Crippen LogP contribution is -2.02. The van der Waals surface area contributed by atoms with Crippen molar-refractivity contribution in [1.29, 1.82) is 0 Å². The number of hydrogen-bond donors (Lipinski definition) is 0. The van der Waals surface area contributed by atoms with Crippen molar-refractivity contribution >= 4 is 22.5 Å². The van der Waals surface area contributed by atoms with Crippen LogP contribution in [-0.2, 0) is 6.54 Å². The van der Waals surface area contributed by atoms with E-state index in [1.165, 1.54) is 16.6 Å². The number of aromatic nitrogens is 2. The number of fused-ring (bicyclic) bond motifs is 1. The molecule has 0 spiro atoms. The van der Waals surface area contributed by atoms with Crippen LogP contribution in [0.25, 0.3) is 10.9 Å². The van der Waals surface area contributed by atoms with E-state index in [-0.39, 0.29) is 0 Å². The van der Waals surface area contributed by atoms with Crippen molar-refractivity contribution in [1.82, 2.24) is 9.55 Å². The molecule has 0 amide bonds. The van der Waals surface area contributed by atoms with Crippen LogP contribution in [0.5, 0.6) is 0 Å². The van der Waals surface area contributed by atoms with E-state index in [4.69, 9.17) is 11.6 Å². The monoisotopic (exact) mass is 256 g/mol. The molecule has 2 nitrogen and oxygen atoms in total. The summed E-state index contributed by atoms with van der Waals surface area (Å²) >= 11 is 6.17. The Labute approximate surface area is 111 Å². The minimum absolute atomic E-state index is 0.717. The van der Waals surface area contributed by atoms with Crippen LogP contribution in [0.15, 0.2) is 48.8 Å². The van der Waals surface area contributed by atoms with Gasteiger partial charge in [0.05, 0.1) is 5.02 Å². The molecule has 3 rings (SSSR count). The van der Waals surface area contributed by atoms with Gasteiger partial charge in [-0.1, -0.05) is 29.8 Å². The lowest BCUT2D eigenvalue weighted by molar-refractivity contribution is 0.803. The van der Waals surface area contributed by atoms with Gasteiger partial charge in [-0.3, -0.25) is 4.98 Å². The first kappa shape index (κ1) is 11.3. The molecular weight excluding hydrogens is 244 g/mol. The van der Waals surface area contributed by atoms with Crippen molar-refractivity contribution in [3.8, 4) is 0 Å². The first-order valence-corrected chi connectivity index (χ1v) is 6.27. The molecule has 2 heterocycles. The van der Waals surface area contributed by atoms with Crippen LogP contribution in [0.2, 0.25) is 5.02 Å². The van der Waals surface area contributed by atoms with Gasteiger partial charge in [-0.25, -0.2) is 0 Å². The number of aryl methyl sites for hydroxylation is 1. The Morgan fingerprint density at radius 2 is 2.06 bits per heavy atom. The van der Waals surface area contributed by atoms with Gasteiger partial charge in [-0.05, 0) is 36.1 Å². The van der Waals surface area contributed by atoms with Crippen molar-refractivity contribution in [3.63, 3.8) is 0 Å². The summed E-state index contributed by atoms with van der Waals surface area (Å²) in [5.74, 6) is 0. The fourth-order valence-electron chi connectivity index (χ4n) is 2.26. The van der Waals surface area contributed by atoms with Gasteiger partial charge in [0.25, 0.3) is 0 Å². The zero-order valence-electron chi connectivity index (χ0n) is 10.1. The average Bonchev–Trinajstić information content (AvgIpc) is 2.69. The van der Waals surface area contributed by atoms with Gasteiger partial charge >= 0.3 is 0 Å². The highest BCUT2D eigenvalue weighted by atomic mass is 35.5. The summed E-state index contributed by atoms with van der Waals surface area (Å²) in [6.07, 6.45) is 3.47. The summed E-state index contributed by atoms with van der Waals surface area (Å²) in [5, 5.41) is 1.98. The van der Waals surface area contributed by atoms with Crippen LogP contribution < -0.4 is 0 Å². The molecular formula is C15H13ClN2. The fraction of sp³-hybridized carbons (Fsp3) is 0.133. The molecule has 0 saturated carbocycles. The summed E-state index contributed by atoms with van der Waals surface area (Å²) < 4.78 is 2.27. The molecule has 0 atom stereocenters.